The Morgan fingerprint density at radius 3 is 2.79 bits per heavy atom. The number of hydrogen-bond acceptors (Lipinski definition) is 6. The molecule has 6 heteroatoms. The Kier molecular flexibility index (Phi) is 4.30. The van der Waals surface area contributed by atoms with Gasteiger partial charge in [0.05, 0.1) is 5.69 Å². The van der Waals surface area contributed by atoms with Gasteiger partial charge in [-0.05, 0) is 50.4 Å². The second-order valence-electron chi connectivity index (χ2n) is 6.71. The fourth-order valence-electron chi connectivity index (χ4n) is 3.22. The van der Waals surface area contributed by atoms with Crippen molar-refractivity contribution in [2.24, 2.45) is 0 Å². The zero-order chi connectivity index (χ0) is 16.4. The van der Waals surface area contributed by atoms with Crippen molar-refractivity contribution in [3.8, 4) is 0 Å². The number of piperidine rings is 1. The number of aromatic nitrogens is 3. The van der Waals surface area contributed by atoms with Crippen LogP contribution in [0.1, 0.15) is 36.4 Å². The minimum atomic E-state index is 0.466. The van der Waals surface area contributed by atoms with E-state index >= 15 is 0 Å². The number of nitrogens with one attached hydrogen (secondary N) is 2. The molecule has 0 saturated carbocycles. The maximum absolute atomic E-state index is 4.85. The second kappa shape index (κ2) is 6.73. The van der Waals surface area contributed by atoms with Gasteiger partial charge >= 0.3 is 0 Å². The number of pyridine rings is 1. The van der Waals surface area contributed by atoms with Gasteiger partial charge in [-0.1, -0.05) is 0 Å². The van der Waals surface area contributed by atoms with Crippen LogP contribution in [0.15, 0.2) is 24.4 Å². The highest BCUT2D eigenvalue weighted by Gasteiger charge is 2.22. The van der Waals surface area contributed by atoms with Crippen LogP contribution in [0.4, 0.5) is 17.6 Å². The monoisotopic (exact) mass is 324 g/mol. The Labute approximate surface area is 142 Å². The Bertz CT molecular complexity index is 706. The third kappa shape index (κ3) is 3.33. The summed E-state index contributed by atoms with van der Waals surface area (Å²) in [6, 6.07) is 6.12. The van der Waals surface area contributed by atoms with Gasteiger partial charge < -0.3 is 15.5 Å². The molecule has 2 aromatic rings. The summed E-state index contributed by atoms with van der Waals surface area (Å²) >= 11 is 0. The van der Waals surface area contributed by atoms with Gasteiger partial charge in [0, 0.05) is 37.8 Å². The zero-order valence-electron chi connectivity index (χ0n) is 14.1. The van der Waals surface area contributed by atoms with Crippen molar-refractivity contribution in [1.82, 2.24) is 20.3 Å². The third-order valence-corrected chi connectivity index (χ3v) is 4.76. The fraction of sp³-hybridized carbons (Fsp3) is 0.500. The van der Waals surface area contributed by atoms with Crippen LogP contribution >= 0.6 is 0 Å². The highest BCUT2D eigenvalue weighted by molar-refractivity contribution is 5.55. The summed E-state index contributed by atoms with van der Waals surface area (Å²) in [6.07, 6.45) is 5.43. The maximum Gasteiger partial charge on any atom is 0.227 e. The second-order valence-corrected chi connectivity index (χ2v) is 6.71. The predicted molar refractivity (Wildman–Crippen MR) is 96.0 cm³/mol. The average molecular weight is 324 g/mol. The molecule has 1 atom stereocenters. The van der Waals surface area contributed by atoms with E-state index in [2.05, 4.69) is 33.5 Å². The fourth-order valence-corrected chi connectivity index (χ4v) is 3.22. The molecule has 6 nitrogen and oxygen atoms in total. The van der Waals surface area contributed by atoms with Crippen molar-refractivity contribution in [1.29, 1.82) is 0 Å². The molecule has 0 aromatic carbocycles. The van der Waals surface area contributed by atoms with Crippen molar-refractivity contribution >= 4 is 17.6 Å². The zero-order valence-corrected chi connectivity index (χ0v) is 14.1. The van der Waals surface area contributed by atoms with E-state index in [-0.39, 0.29) is 0 Å². The van der Waals surface area contributed by atoms with Crippen LogP contribution in [0.25, 0.3) is 0 Å². The summed E-state index contributed by atoms with van der Waals surface area (Å²) in [6.45, 7) is 6.28. The molecule has 2 aromatic heterocycles. The van der Waals surface area contributed by atoms with E-state index in [1.54, 1.807) is 0 Å². The van der Waals surface area contributed by atoms with Crippen LogP contribution < -0.4 is 15.5 Å². The maximum atomic E-state index is 4.85. The smallest absolute Gasteiger partial charge is 0.227 e. The van der Waals surface area contributed by atoms with Gasteiger partial charge in [0.25, 0.3) is 0 Å². The Balaban J connectivity index is 1.64. The molecule has 0 radical (unpaired) electrons. The van der Waals surface area contributed by atoms with Crippen molar-refractivity contribution < 1.29 is 0 Å². The average Bonchev–Trinajstić information content (AvgIpc) is 2.54. The highest BCUT2D eigenvalue weighted by Crippen LogP contribution is 2.27. The molecular formula is C18H24N6. The van der Waals surface area contributed by atoms with Crippen LogP contribution in [-0.2, 0) is 0 Å². The van der Waals surface area contributed by atoms with Crippen molar-refractivity contribution in [2.45, 2.75) is 32.1 Å². The first kappa shape index (κ1) is 15.3. The summed E-state index contributed by atoms with van der Waals surface area (Å²) < 4.78 is 0. The molecule has 2 aliphatic heterocycles. The van der Waals surface area contributed by atoms with Gasteiger partial charge in [0.15, 0.2) is 0 Å². The molecular weight excluding hydrogens is 300 g/mol. The van der Waals surface area contributed by atoms with Gasteiger partial charge in [-0.25, -0.2) is 9.97 Å². The minimum Gasteiger partial charge on any atom is -0.341 e. The van der Waals surface area contributed by atoms with E-state index in [0.29, 0.717) is 5.92 Å². The molecule has 0 amide bonds. The first-order chi connectivity index (χ1) is 11.8. The van der Waals surface area contributed by atoms with Crippen LogP contribution in [0.5, 0.6) is 0 Å². The van der Waals surface area contributed by atoms with E-state index in [4.69, 9.17) is 9.97 Å². The molecule has 0 aliphatic carbocycles. The van der Waals surface area contributed by atoms with E-state index in [1.807, 2.05) is 18.3 Å². The van der Waals surface area contributed by atoms with E-state index in [1.165, 1.54) is 24.8 Å². The van der Waals surface area contributed by atoms with Crippen LogP contribution in [0.3, 0.4) is 0 Å². The number of aryl methyl sites for hydroxylation is 1. The lowest BCUT2D eigenvalue weighted by atomic mass is 9.96. The lowest BCUT2D eigenvalue weighted by molar-refractivity contribution is 0.453. The number of hydrogen-bond donors (Lipinski definition) is 2. The first-order valence-corrected chi connectivity index (χ1v) is 8.82. The van der Waals surface area contributed by atoms with E-state index in [0.717, 1.165) is 49.5 Å². The lowest BCUT2D eigenvalue weighted by Crippen LogP contribution is -2.39. The molecule has 2 saturated heterocycles. The van der Waals surface area contributed by atoms with Gasteiger partial charge in [-0.15, -0.1) is 0 Å². The van der Waals surface area contributed by atoms with E-state index in [9.17, 15) is 0 Å². The summed E-state index contributed by atoms with van der Waals surface area (Å²) in [5, 5.41) is 6.84. The molecule has 2 fully saturated rings. The molecule has 4 rings (SSSR count). The summed E-state index contributed by atoms with van der Waals surface area (Å²) in [4.78, 5) is 16.2. The largest absolute Gasteiger partial charge is 0.341 e. The standard InChI is InChI=1S/C18H24N6/c1-13-5-7-20-16(10-13)22-17-11-15(14-4-2-6-19-12-14)21-18(23-17)24-8-3-9-24/h5,7,10-11,14,19H,2-4,6,8-9,12H2,1H3,(H,20,21,22,23). The lowest BCUT2D eigenvalue weighted by Gasteiger charge is -2.32. The Morgan fingerprint density at radius 1 is 1.17 bits per heavy atom. The summed E-state index contributed by atoms with van der Waals surface area (Å²) in [7, 11) is 0. The Hall–Kier alpha value is -2.21. The SMILES string of the molecule is Cc1ccnc(Nc2cc(C3CCCNC3)nc(N3CCC3)n2)c1. The normalized spacial score (nSPS) is 20.5. The Morgan fingerprint density at radius 2 is 2.08 bits per heavy atom. The summed E-state index contributed by atoms with van der Waals surface area (Å²) in [5.74, 6) is 2.98. The molecule has 2 N–H and O–H groups in total. The molecule has 1 unspecified atom stereocenters. The molecule has 0 bridgehead atoms. The molecule has 126 valence electrons. The quantitative estimate of drug-likeness (QED) is 0.901. The van der Waals surface area contributed by atoms with Gasteiger partial charge in [-0.2, -0.15) is 4.98 Å². The van der Waals surface area contributed by atoms with Gasteiger partial charge in [0.2, 0.25) is 5.95 Å². The van der Waals surface area contributed by atoms with Gasteiger partial charge in [-0.3, -0.25) is 0 Å². The number of nitrogens with zero attached hydrogens (tertiary/aromatic N) is 4. The van der Waals surface area contributed by atoms with Crippen LogP contribution in [0, 0.1) is 6.92 Å². The molecule has 24 heavy (non-hydrogen) atoms. The molecule has 0 spiro atoms. The number of anilines is 3. The first-order valence-electron chi connectivity index (χ1n) is 8.82. The van der Waals surface area contributed by atoms with E-state index < -0.39 is 0 Å². The van der Waals surface area contributed by atoms with Crippen molar-refractivity contribution in [2.75, 3.05) is 36.4 Å². The van der Waals surface area contributed by atoms with Crippen LogP contribution in [0.2, 0.25) is 0 Å². The minimum absolute atomic E-state index is 0.466. The van der Waals surface area contributed by atoms with Crippen molar-refractivity contribution in [3.05, 3.63) is 35.7 Å². The molecule has 4 heterocycles. The van der Waals surface area contributed by atoms with Crippen LogP contribution in [-0.4, -0.2) is 41.1 Å². The summed E-state index contributed by atoms with van der Waals surface area (Å²) in [5.41, 5.74) is 2.32. The highest BCUT2D eigenvalue weighted by atomic mass is 15.3. The topological polar surface area (TPSA) is 66.0 Å². The van der Waals surface area contributed by atoms with Gasteiger partial charge in [0.1, 0.15) is 11.6 Å². The number of rotatable bonds is 4. The molecule has 2 aliphatic rings. The predicted octanol–water partition coefficient (Wildman–Crippen LogP) is 2.60. The van der Waals surface area contributed by atoms with Crippen molar-refractivity contribution in [3.63, 3.8) is 0 Å². The third-order valence-electron chi connectivity index (χ3n) is 4.76.